The molecule has 3 nitrogen and oxygen atoms in total. The first-order chi connectivity index (χ1) is 9.00. The molecule has 6 heteroatoms. The second-order valence-electron chi connectivity index (χ2n) is 5.63. The molecule has 112 valence electrons. The van der Waals surface area contributed by atoms with Crippen LogP contribution in [-0.4, -0.2) is 67.8 Å². The molecule has 0 saturated carbocycles. The first-order valence-electron chi connectivity index (χ1n) is 7.24. The summed E-state index contributed by atoms with van der Waals surface area (Å²) in [6, 6.07) is -1.30. The van der Waals surface area contributed by atoms with Crippen LogP contribution >= 0.6 is 0 Å². The van der Waals surface area contributed by atoms with Crippen LogP contribution in [0.1, 0.15) is 19.8 Å². The zero-order chi connectivity index (χ0) is 13.9. The maximum absolute atomic E-state index is 13.0. The van der Waals surface area contributed by atoms with E-state index in [1.54, 1.807) is 4.90 Å². The zero-order valence-electron chi connectivity index (χ0n) is 11.5. The highest BCUT2D eigenvalue weighted by molar-refractivity contribution is 4.87. The average Bonchev–Trinajstić information content (AvgIpc) is 2.39. The number of piperidine rings is 1. The summed E-state index contributed by atoms with van der Waals surface area (Å²) in [4.78, 5) is 4.01. The van der Waals surface area contributed by atoms with Crippen LogP contribution in [-0.2, 0) is 0 Å². The topological polar surface area (TPSA) is 18.5 Å². The van der Waals surface area contributed by atoms with Crippen LogP contribution in [0.15, 0.2) is 0 Å². The van der Waals surface area contributed by atoms with Gasteiger partial charge in [0, 0.05) is 26.2 Å². The fraction of sp³-hybridized carbons (Fsp3) is 1.00. The van der Waals surface area contributed by atoms with Crippen LogP contribution in [0.2, 0.25) is 0 Å². The van der Waals surface area contributed by atoms with E-state index >= 15 is 0 Å². The van der Waals surface area contributed by atoms with Gasteiger partial charge < -0.3 is 10.2 Å². The van der Waals surface area contributed by atoms with Crippen molar-refractivity contribution in [1.29, 1.82) is 0 Å². The molecule has 1 N–H and O–H groups in total. The standard InChI is InChI=1S/C13H24F3N3/c1-2-18-6-3-11(4-7-18)10-19-8-5-17-9-12(19)13(14,15)16/h11-12,17H,2-10H2,1H3. The predicted molar refractivity (Wildman–Crippen MR) is 69.1 cm³/mol. The van der Waals surface area contributed by atoms with Gasteiger partial charge in [0.2, 0.25) is 0 Å². The number of hydrogen-bond acceptors (Lipinski definition) is 3. The van der Waals surface area contributed by atoms with E-state index in [0.717, 1.165) is 32.5 Å². The van der Waals surface area contributed by atoms with Gasteiger partial charge >= 0.3 is 6.18 Å². The molecule has 0 radical (unpaired) electrons. The molecule has 1 atom stereocenters. The predicted octanol–water partition coefficient (Wildman–Crippen LogP) is 1.55. The molecule has 0 aromatic carbocycles. The van der Waals surface area contributed by atoms with Crippen molar-refractivity contribution in [3.8, 4) is 0 Å². The van der Waals surface area contributed by atoms with Crippen LogP contribution in [0.25, 0.3) is 0 Å². The summed E-state index contributed by atoms with van der Waals surface area (Å²) in [5, 5.41) is 2.85. The Kier molecular flexibility index (Phi) is 5.09. The lowest BCUT2D eigenvalue weighted by Gasteiger charge is -2.40. The number of piperazine rings is 1. The van der Waals surface area contributed by atoms with Crippen molar-refractivity contribution in [2.24, 2.45) is 5.92 Å². The average molecular weight is 279 g/mol. The monoisotopic (exact) mass is 279 g/mol. The van der Waals surface area contributed by atoms with E-state index in [1.165, 1.54) is 0 Å². The molecule has 0 bridgehead atoms. The highest BCUT2D eigenvalue weighted by Crippen LogP contribution is 2.28. The normalized spacial score (nSPS) is 28.7. The van der Waals surface area contributed by atoms with Gasteiger partial charge in [-0.2, -0.15) is 13.2 Å². The zero-order valence-corrected chi connectivity index (χ0v) is 11.5. The third-order valence-electron chi connectivity index (χ3n) is 4.38. The largest absolute Gasteiger partial charge is 0.405 e. The Morgan fingerprint density at radius 2 is 1.84 bits per heavy atom. The number of halogens is 3. The molecule has 2 saturated heterocycles. The Bertz CT molecular complexity index is 275. The second-order valence-corrected chi connectivity index (χ2v) is 5.63. The maximum Gasteiger partial charge on any atom is 0.405 e. The number of alkyl halides is 3. The van der Waals surface area contributed by atoms with Gasteiger partial charge in [-0.1, -0.05) is 6.92 Å². The molecule has 2 aliphatic heterocycles. The molecule has 1 unspecified atom stereocenters. The molecule has 0 amide bonds. The van der Waals surface area contributed by atoms with Crippen molar-refractivity contribution < 1.29 is 13.2 Å². The molecular formula is C13H24F3N3. The fourth-order valence-corrected chi connectivity index (χ4v) is 3.10. The Hall–Kier alpha value is -0.330. The highest BCUT2D eigenvalue weighted by Gasteiger charge is 2.44. The van der Waals surface area contributed by atoms with Crippen LogP contribution in [0, 0.1) is 5.92 Å². The van der Waals surface area contributed by atoms with Crippen molar-refractivity contribution in [2.75, 3.05) is 45.8 Å². The van der Waals surface area contributed by atoms with E-state index < -0.39 is 12.2 Å². The second kappa shape index (κ2) is 6.41. The van der Waals surface area contributed by atoms with Crippen molar-refractivity contribution in [2.45, 2.75) is 32.0 Å². The molecule has 2 heterocycles. The summed E-state index contributed by atoms with van der Waals surface area (Å²) in [7, 11) is 0. The van der Waals surface area contributed by atoms with Crippen LogP contribution in [0.4, 0.5) is 13.2 Å². The van der Waals surface area contributed by atoms with Crippen LogP contribution < -0.4 is 5.32 Å². The molecule has 0 aliphatic carbocycles. The highest BCUT2D eigenvalue weighted by atomic mass is 19.4. The fourth-order valence-electron chi connectivity index (χ4n) is 3.10. The molecule has 0 aromatic rings. The van der Waals surface area contributed by atoms with Gasteiger partial charge in [0.25, 0.3) is 0 Å². The van der Waals surface area contributed by atoms with Gasteiger partial charge in [0.15, 0.2) is 0 Å². The van der Waals surface area contributed by atoms with Crippen molar-refractivity contribution in [3.05, 3.63) is 0 Å². The van der Waals surface area contributed by atoms with Gasteiger partial charge in [-0.05, 0) is 38.4 Å². The van der Waals surface area contributed by atoms with Crippen molar-refractivity contribution in [1.82, 2.24) is 15.1 Å². The number of hydrogen-bond donors (Lipinski definition) is 1. The summed E-state index contributed by atoms with van der Waals surface area (Å²) >= 11 is 0. The minimum Gasteiger partial charge on any atom is -0.314 e. The molecular weight excluding hydrogens is 255 g/mol. The van der Waals surface area contributed by atoms with Gasteiger partial charge in [0.1, 0.15) is 6.04 Å². The maximum atomic E-state index is 13.0. The van der Waals surface area contributed by atoms with E-state index in [1.807, 2.05) is 0 Å². The molecule has 0 aromatic heterocycles. The van der Waals surface area contributed by atoms with E-state index in [2.05, 4.69) is 17.1 Å². The van der Waals surface area contributed by atoms with Gasteiger partial charge in [-0.3, -0.25) is 4.90 Å². The van der Waals surface area contributed by atoms with Crippen LogP contribution in [0.3, 0.4) is 0 Å². The number of nitrogens with zero attached hydrogens (tertiary/aromatic N) is 2. The van der Waals surface area contributed by atoms with E-state index in [-0.39, 0.29) is 6.54 Å². The summed E-state index contributed by atoms with van der Waals surface area (Å²) in [6.45, 7) is 7.06. The van der Waals surface area contributed by atoms with E-state index in [9.17, 15) is 13.2 Å². The lowest BCUT2D eigenvalue weighted by molar-refractivity contribution is -0.188. The van der Waals surface area contributed by atoms with Crippen LogP contribution in [0.5, 0.6) is 0 Å². The SMILES string of the molecule is CCN1CCC(CN2CCNCC2C(F)(F)F)CC1. The smallest absolute Gasteiger partial charge is 0.314 e. The summed E-state index contributed by atoms with van der Waals surface area (Å²) in [5.74, 6) is 0.422. The molecule has 0 spiro atoms. The third kappa shape index (κ3) is 4.07. The number of rotatable bonds is 3. The van der Waals surface area contributed by atoms with Crippen molar-refractivity contribution in [3.63, 3.8) is 0 Å². The Labute approximate surface area is 113 Å². The first kappa shape index (κ1) is 15.1. The number of likely N-dealkylation sites (tertiary alicyclic amines) is 1. The Morgan fingerprint density at radius 1 is 1.16 bits per heavy atom. The van der Waals surface area contributed by atoms with Gasteiger partial charge in [-0.25, -0.2) is 0 Å². The van der Waals surface area contributed by atoms with Crippen molar-refractivity contribution >= 4 is 0 Å². The molecule has 2 aliphatic rings. The van der Waals surface area contributed by atoms with E-state index in [0.29, 0.717) is 25.6 Å². The minimum absolute atomic E-state index is 0.0390. The minimum atomic E-state index is -4.11. The molecule has 2 rings (SSSR count). The Balaban J connectivity index is 1.86. The van der Waals surface area contributed by atoms with Gasteiger partial charge in [0.05, 0.1) is 0 Å². The number of nitrogens with one attached hydrogen (secondary N) is 1. The molecule has 2 fully saturated rings. The quantitative estimate of drug-likeness (QED) is 0.846. The van der Waals surface area contributed by atoms with Gasteiger partial charge in [-0.15, -0.1) is 0 Å². The first-order valence-corrected chi connectivity index (χ1v) is 7.24. The summed E-state index contributed by atoms with van der Waals surface area (Å²) in [5.41, 5.74) is 0. The lowest BCUT2D eigenvalue weighted by Crippen LogP contribution is -2.59. The third-order valence-corrected chi connectivity index (χ3v) is 4.38. The molecule has 19 heavy (non-hydrogen) atoms. The summed E-state index contributed by atoms with van der Waals surface area (Å²) < 4.78 is 38.9. The summed E-state index contributed by atoms with van der Waals surface area (Å²) in [6.07, 6.45) is -2.05. The lowest BCUT2D eigenvalue weighted by atomic mass is 9.95. The van der Waals surface area contributed by atoms with E-state index in [4.69, 9.17) is 0 Å². The Morgan fingerprint density at radius 3 is 2.42 bits per heavy atom.